The number of carbonyl (C=O) groups is 2. The fourth-order valence-corrected chi connectivity index (χ4v) is 7.38. The lowest BCUT2D eigenvalue weighted by Crippen LogP contribution is -2.28. The van der Waals surface area contributed by atoms with Gasteiger partial charge < -0.3 is 14.6 Å². The molecule has 0 rings (SSSR count). The van der Waals surface area contributed by atoms with E-state index in [9.17, 15) is 14.7 Å². The van der Waals surface area contributed by atoms with Crippen LogP contribution in [0.2, 0.25) is 0 Å². The first-order chi connectivity index (χ1) is 30.1. The van der Waals surface area contributed by atoms with Crippen LogP contribution in [0.3, 0.4) is 0 Å². The van der Waals surface area contributed by atoms with Gasteiger partial charge in [-0.25, -0.2) is 0 Å². The largest absolute Gasteiger partial charge is 0.462 e. The quantitative estimate of drug-likeness (QED) is 0.0375. The minimum absolute atomic E-state index is 0.0641. The first-order valence-corrected chi connectivity index (χ1v) is 26.0. The molecule has 0 spiro atoms. The van der Waals surface area contributed by atoms with Gasteiger partial charge in [0.05, 0.1) is 6.61 Å². The smallest absolute Gasteiger partial charge is 0.306 e. The van der Waals surface area contributed by atoms with E-state index in [4.69, 9.17) is 9.47 Å². The maximum absolute atomic E-state index is 12.3. The second-order valence-corrected chi connectivity index (χ2v) is 17.2. The molecule has 0 heterocycles. The van der Waals surface area contributed by atoms with Crippen molar-refractivity contribution in [3.8, 4) is 0 Å². The van der Waals surface area contributed by atoms with Crippen molar-refractivity contribution in [3.05, 3.63) is 72.9 Å². The van der Waals surface area contributed by atoms with Crippen molar-refractivity contribution in [2.24, 2.45) is 0 Å². The van der Waals surface area contributed by atoms with Gasteiger partial charge in [0, 0.05) is 12.8 Å². The van der Waals surface area contributed by atoms with E-state index in [1.54, 1.807) is 0 Å². The molecule has 1 unspecified atom stereocenters. The highest BCUT2D eigenvalue weighted by Crippen LogP contribution is 2.16. The third-order valence-electron chi connectivity index (χ3n) is 11.3. The lowest BCUT2D eigenvalue weighted by molar-refractivity contribution is -0.161. The van der Waals surface area contributed by atoms with Gasteiger partial charge in [0.15, 0.2) is 6.10 Å². The number of hydrogen-bond donors (Lipinski definition) is 1. The van der Waals surface area contributed by atoms with Crippen molar-refractivity contribution >= 4 is 11.9 Å². The Morgan fingerprint density at radius 2 is 0.705 bits per heavy atom. The van der Waals surface area contributed by atoms with Crippen LogP contribution in [-0.2, 0) is 19.1 Å². The van der Waals surface area contributed by atoms with E-state index in [-0.39, 0.29) is 25.2 Å². The number of rotatable bonds is 47. The van der Waals surface area contributed by atoms with Gasteiger partial charge in [0.1, 0.15) is 6.61 Å². The van der Waals surface area contributed by atoms with E-state index in [0.29, 0.717) is 12.8 Å². The SMILES string of the molecule is CC/C=C\C/C=C\C/C=C\C/C=C\C/C=C\C/C=C\CCCCCCCCCCCCCCCCC(=O)OC(CO)COC(=O)CCCCCCCCCCCCCCCC. The summed E-state index contributed by atoms with van der Waals surface area (Å²) in [6.07, 6.45) is 70.0. The second-order valence-electron chi connectivity index (χ2n) is 17.2. The molecule has 1 atom stereocenters. The van der Waals surface area contributed by atoms with Gasteiger partial charge in [-0.15, -0.1) is 0 Å². The summed E-state index contributed by atoms with van der Waals surface area (Å²) < 4.78 is 10.7. The number of hydrogen-bond acceptors (Lipinski definition) is 5. The number of carbonyl (C=O) groups excluding carboxylic acids is 2. The molecule has 0 radical (unpaired) electrons. The van der Waals surface area contributed by atoms with Crippen LogP contribution >= 0.6 is 0 Å². The van der Waals surface area contributed by atoms with Crippen molar-refractivity contribution in [2.45, 2.75) is 258 Å². The molecule has 0 bridgehead atoms. The maximum atomic E-state index is 12.3. The molecule has 61 heavy (non-hydrogen) atoms. The molecule has 0 saturated carbocycles. The third-order valence-corrected chi connectivity index (χ3v) is 11.3. The van der Waals surface area contributed by atoms with Crippen LogP contribution in [0.15, 0.2) is 72.9 Å². The van der Waals surface area contributed by atoms with Gasteiger partial charge >= 0.3 is 11.9 Å². The molecule has 0 fully saturated rings. The summed E-state index contributed by atoms with van der Waals surface area (Å²) in [6, 6.07) is 0. The first kappa shape index (κ1) is 58.3. The molecule has 0 aromatic rings. The van der Waals surface area contributed by atoms with Crippen LogP contribution in [0.5, 0.6) is 0 Å². The highest BCUT2D eigenvalue weighted by molar-refractivity contribution is 5.70. The summed E-state index contributed by atoms with van der Waals surface area (Å²) in [5.41, 5.74) is 0. The van der Waals surface area contributed by atoms with Crippen molar-refractivity contribution < 1.29 is 24.2 Å². The molecule has 0 amide bonds. The Hall–Kier alpha value is -2.66. The Morgan fingerprint density at radius 3 is 1.07 bits per heavy atom. The summed E-state index contributed by atoms with van der Waals surface area (Å²) >= 11 is 0. The summed E-state index contributed by atoms with van der Waals surface area (Å²) in [5, 5.41) is 9.61. The Kier molecular flexibility index (Phi) is 49.4. The number of ether oxygens (including phenoxy) is 2. The summed E-state index contributed by atoms with van der Waals surface area (Å²) in [5.74, 6) is -0.584. The van der Waals surface area contributed by atoms with Gasteiger partial charge in [0.25, 0.3) is 0 Å². The highest BCUT2D eigenvalue weighted by Gasteiger charge is 2.16. The molecule has 5 nitrogen and oxygen atoms in total. The molecule has 0 aliphatic carbocycles. The molecule has 1 N–H and O–H groups in total. The third kappa shape index (κ3) is 49.9. The van der Waals surface area contributed by atoms with E-state index in [1.807, 2.05) is 0 Å². The predicted molar refractivity (Wildman–Crippen MR) is 265 cm³/mol. The highest BCUT2D eigenvalue weighted by atomic mass is 16.6. The Balaban J connectivity index is 3.49. The van der Waals surface area contributed by atoms with E-state index >= 15 is 0 Å². The van der Waals surface area contributed by atoms with Crippen molar-refractivity contribution in [1.29, 1.82) is 0 Å². The van der Waals surface area contributed by atoms with Crippen molar-refractivity contribution in [3.63, 3.8) is 0 Å². The van der Waals surface area contributed by atoms with E-state index < -0.39 is 6.10 Å². The molecule has 352 valence electrons. The van der Waals surface area contributed by atoms with Crippen molar-refractivity contribution in [1.82, 2.24) is 0 Å². The van der Waals surface area contributed by atoms with Crippen LogP contribution in [0.4, 0.5) is 0 Å². The van der Waals surface area contributed by atoms with Gasteiger partial charge in [0.2, 0.25) is 0 Å². The fraction of sp³-hybridized carbons (Fsp3) is 0.750. The van der Waals surface area contributed by atoms with Gasteiger partial charge in [-0.05, 0) is 64.2 Å². The van der Waals surface area contributed by atoms with E-state index in [0.717, 1.165) is 77.0 Å². The average Bonchev–Trinajstić information content (AvgIpc) is 3.26. The summed E-state index contributed by atoms with van der Waals surface area (Å²) in [4.78, 5) is 24.4. The van der Waals surface area contributed by atoms with Crippen LogP contribution < -0.4 is 0 Å². The normalized spacial score (nSPS) is 12.8. The zero-order chi connectivity index (χ0) is 44.2. The van der Waals surface area contributed by atoms with Gasteiger partial charge in [-0.2, -0.15) is 0 Å². The fourth-order valence-electron chi connectivity index (χ4n) is 7.38. The zero-order valence-corrected chi connectivity index (χ0v) is 40.2. The van der Waals surface area contributed by atoms with E-state index in [2.05, 4.69) is 86.8 Å². The standard InChI is InChI=1S/C56H98O5/c1-3-5-7-9-11-13-15-17-19-20-21-22-23-24-25-26-27-28-29-30-31-32-33-34-35-36-37-39-41-43-45-47-49-51-56(59)61-54(52-57)53-60-55(58)50-48-46-44-42-40-38-18-16-14-12-10-8-6-4-2/h5,7,11,13,17,19,21-22,24-25,27-28,54,57H,3-4,6,8-10,12,14-16,18,20,23,26,29-53H2,1-2H3/b7-5-,13-11-,19-17-,22-21-,25-24-,28-27-. The molecular formula is C56H98O5. The number of aliphatic hydroxyl groups is 1. The van der Waals surface area contributed by atoms with Crippen LogP contribution in [-0.4, -0.2) is 36.4 Å². The second kappa shape index (κ2) is 51.7. The zero-order valence-electron chi connectivity index (χ0n) is 40.2. The van der Waals surface area contributed by atoms with Crippen molar-refractivity contribution in [2.75, 3.05) is 13.2 Å². The number of allylic oxidation sites excluding steroid dienone is 12. The summed E-state index contributed by atoms with van der Waals surface area (Å²) in [7, 11) is 0. The molecule has 0 aliphatic rings. The lowest BCUT2D eigenvalue weighted by atomic mass is 10.0. The monoisotopic (exact) mass is 851 g/mol. The molecule has 0 aromatic heterocycles. The molecule has 0 aromatic carbocycles. The Bertz CT molecular complexity index is 1100. The summed E-state index contributed by atoms with van der Waals surface area (Å²) in [6.45, 7) is 4.04. The van der Waals surface area contributed by atoms with Gasteiger partial charge in [-0.3, -0.25) is 9.59 Å². The minimum Gasteiger partial charge on any atom is -0.462 e. The topological polar surface area (TPSA) is 72.8 Å². The minimum atomic E-state index is -0.771. The number of esters is 2. The van der Waals surface area contributed by atoms with Crippen LogP contribution in [0.25, 0.3) is 0 Å². The maximum Gasteiger partial charge on any atom is 0.306 e. The molecular weight excluding hydrogens is 753 g/mol. The van der Waals surface area contributed by atoms with Crippen LogP contribution in [0.1, 0.15) is 251 Å². The van der Waals surface area contributed by atoms with E-state index in [1.165, 1.54) is 148 Å². The number of aliphatic hydroxyl groups excluding tert-OH is 1. The number of unbranched alkanes of at least 4 members (excludes halogenated alkanes) is 27. The Morgan fingerprint density at radius 1 is 0.393 bits per heavy atom. The van der Waals surface area contributed by atoms with Crippen LogP contribution in [0, 0.1) is 0 Å². The van der Waals surface area contributed by atoms with Gasteiger partial charge in [-0.1, -0.05) is 247 Å². The lowest BCUT2D eigenvalue weighted by Gasteiger charge is -2.15. The average molecular weight is 851 g/mol. The first-order valence-electron chi connectivity index (χ1n) is 26.0. The molecule has 0 aliphatic heterocycles. The molecule has 5 heteroatoms. The predicted octanol–water partition coefficient (Wildman–Crippen LogP) is 17.2. The molecule has 0 saturated heterocycles. The Labute approximate surface area is 378 Å².